The van der Waals surface area contributed by atoms with Gasteiger partial charge in [-0.2, -0.15) is 24.4 Å². The van der Waals surface area contributed by atoms with E-state index in [9.17, 15) is 19.2 Å². The Kier molecular flexibility index (Phi) is 12.9. The number of unbranched alkanes of at least 4 members (excludes halogenated alkanes) is 1. The Morgan fingerprint density at radius 2 is 1.90 bits per heavy atom. The van der Waals surface area contributed by atoms with Gasteiger partial charge in [-0.15, -0.1) is 0 Å². The zero-order valence-electron chi connectivity index (χ0n) is 17.9. The van der Waals surface area contributed by atoms with Crippen LogP contribution in [0.4, 0.5) is 0 Å². The lowest BCUT2D eigenvalue weighted by molar-refractivity contribution is -0.144. The summed E-state index contributed by atoms with van der Waals surface area (Å²) in [4.78, 5) is 51.0. The first kappa shape index (κ1) is 27.5. The highest BCUT2D eigenvalue weighted by atomic mass is 32.2. The number of carboxylic acid groups (broad SMARTS) is 1. The standard InChI is InChI=1S/C19H35N5O5S2/c1-31-10-7-13(22-16(25)12(21)5-2-3-8-20)18(27)24-9-4-6-15(24)17(26)23-14(11-30)19(28)29/h12-15,30H,2-11,20-21H2,1H3,(H,22,25)(H,23,26)(H,28,29). The predicted octanol–water partition coefficient (Wildman–Crippen LogP) is -0.829. The Balaban J connectivity index is 2.84. The minimum absolute atomic E-state index is 0.0593. The van der Waals surface area contributed by atoms with E-state index in [0.717, 1.165) is 12.8 Å². The molecule has 4 atom stereocenters. The number of nitrogens with two attached hydrogens (primary N) is 2. The average Bonchev–Trinajstić information content (AvgIpc) is 3.23. The first-order chi connectivity index (χ1) is 14.8. The van der Waals surface area contributed by atoms with Crippen LogP contribution in [-0.2, 0) is 19.2 Å². The fourth-order valence-electron chi connectivity index (χ4n) is 3.37. The number of amides is 3. The molecule has 0 spiro atoms. The second-order valence-electron chi connectivity index (χ2n) is 7.51. The van der Waals surface area contributed by atoms with Crippen molar-refractivity contribution in [2.45, 2.75) is 62.7 Å². The van der Waals surface area contributed by atoms with Gasteiger partial charge in [0.2, 0.25) is 17.7 Å². The molecule has 0 radical (unpaired) electrons. The van der Waals surface area contributed by atoms with Crippen LogP contribution < -0.4 is 22.1 Å². The van der Waals surface area contributed by atoms with E-state index in [1.54, 1.807) is 11.8 Å². The molecule has 0 aromatic heterocycles. The molecule has 178 valence electrons. The van der Waals surface area contributed by atoms with Crippen molar-refractivity contribution < 1.29 is 24.3 Å². The van der Waals surface area contributed by atoms with E-state index in [-0.39, 0.29) is 11.7 Å². The van der Waals surface area contributed by atoms with E-state index >= 15 is 0 Å². The maximum Gasteiger partial charge on any atom is 0.327 e. The van der Waals surface area contributed by atoms with Crippen LogP contribution in [0.2, 0.25) is 0 Å². The smallest absolute Gasteiger partial charge is 0.327 e. The summed E-state index contributed by atoms with van der Waals surface area (Å²) in [6, 6.07) is -3.44. The molecular weight excluding hydrogens is 442 g/mol. The molecule has 0 bridgehead atoms. The molecule has 3 amide bonds. The molecule has 1 aliphatic heterocycles. The number of nitrogens with zero attached hydrogens (tertiary/aromatic N) is 1. The number of likely N-dealkylation sites (tertiary alicyclic amines) is 1. The van der Waals surface area contributed by atoms with E-state index < -0.39 is 42.0 Å². The number of carbonyl (C=O) groups is 4. The maximum atomic E-state index is 13.2. The molecule has 4 unspecified atom stereocenters. The summed E-state index contributed by atoms with van der Waals surface area (Å²) in [5.41, 5.74) is 11.4. The molecule has 12 heteroatoms. The second-order valence-corrected chi connectivity index (χ2v) is 8.86. The Bertz CT molecular complexity index is 624. The molecule has 0 saturated carbocycles. The lowest BCUT2D eigenvalue weighted by Gasteiger charge is -2.29. The molecule has 0 aliphatic carbocycles. The Morgan fingerprint density at radius 3 is 2.48 bits per heavy atom. The van der Waals surface area contributed by atoms with Crippen LogP contribution in [0.1, 0.15) is 38.5 Å². The van der Waals surface area contributed by atoms with E-state index in [2.05, 4.69) is 23.3 Å². The average molecular weight is 478 g/mol. The van der Waals surface area contributed by atoms with Gasteiger partial charge in [-0.3, -0.25) is 14.4 Å². The van der Waals surface area contributed by atoms with Crippen LogP contribution >= 0.6 is 24.4 Å². The Morgan fingerprint density at radius 1 is 1.19 bits per heavy atom. The van der Waals surface area contributed by atoms with E-state index in [4.69, 9.17) is 16.6 Å². The fraction of sp³-hybridized carbons (Fsp3) is 0.789. The van der Waals surface area contributed by atoms with Crippen molar-refractivity contribution in [3.8, 4) is 0 Å². The summed E-state index contributed by atoms with van der Waals surface area (Å²) < 4.78 is 0. The molecule has 7 N–H and O–H groups in total. The number of thiol groups is 1. The summed E-state index contributed by atoms with van der Waals surface area (Å²) in [6.45, 7) is 0.890. The third kappa shape index (κ3) is 8.87. The number of carbonyl (C=O) groups excluding carboxylic acids is 3. The molecule has 1 rings (SSSR count). The third-order valence-electron chi connectivity index (χ3n) is 5.17. The Hall–Kier alpha value is -1.50. The zero-order valence-corrected chi connectivity index (χ0v) is 19.6. The number of rotatable bonds is 14. The number of carboxylic acids is 1. The van der Waals surface area contributed by atoms with Crippen molar-refractivity contribution in [1.82, 2.24) is 15.5 Å². The van der Waals surface area contributed by atoms with Crippen LogP contribution in [-0.4, -0.2) is 88.7 Å². The van der Waals surface area contributed by atoms with Crippen molar-refractivity contribution in [1.29, 1.82) is 0 Å². The van der Waals surface area contributed by atoms with Gasteiger partial charge in [0.25, 0.3) is 0 Å². The lowest BCUT2D eigenvalue weighted by Crippen LogP contribution is -2.57. The largest absolute Gasteiger partial charge is 0.480 e. The van der Waals surface area contributed by atoms with Crippen molar-refractivity contribution in [3.63, 3.8) is 0 Å². The third-order valence-corrected chi connectivity index (χ3v) is 6.18. The van der Waals surface area contributed by atoms with Gasteiger partial charge in [-0.1, -0.05) is 6.42 Å². The first-order valence-corrected chi connectivity index (χ1v) is 12.5. The van der Waals surface area contributed by atoms with Crippen molar-refractivity contribution in [2.24, 2.45) is 11.5 Å². The van der Waals surface area contributed by atoms with Crippen LogP contribution in [0.5, 0.6) is 0 Å². The maximum absolute atomic E-state index is 13.2. The molecule has 31 heavy (non-hydrogen) atoms. The van der Waals surface area contributed by atoms with Gasteiger partial charge in [0.15, 0.2) is 0 Å². The molecule has 1 fully saturated rings. The van der Waals surface area contributed by atoms with Gasteiger partial charge in [-0.25, -0.2) is 4.79 Å². The summed E-state index contributed by atoms with van der Waals surface area (Å²) in [5, 5.41) is 14.3. The van der Waals surface area contributed by atoms with E-state index in [1.165, 1.54) is 4.90 Å². The molecule has 10 nitrogen and oxygen atoms in total. The highest BCUT2D eigenvalue weighted by Gasteiger charge is 2.38. The van der Waals surface area contributed by atoms with Crippen molar-refractivity contribution in [2.75, 3.05) is 30.9 Å². The summed E-state index contributed by atoms with van der Waals surface area (Å²) in [6.07, 6.45) is 5.31. The summed E-state index contributed by atoms with van der Waals surface area (Å²) >= 11 is 5.49. The van der Waals surface area contributed by atoms with E-state index in [1.807, 2.05) is 6.26 Å². The summed E-state index contributed by atoms with van der Waals surface area (Å²) in [7, 11) is 0. The minimum Gasteiger partial charge on any atom is -0.480 e. The SMILES string of the molecule is CSCCC(NC(=O)C(N)CCCCN)C(=O)N1CCCC1C(=O)NC(CS)C(=O)O. The topological polar surface area (TPSA) is 168 Å². The molecular formula is C19H35N5O5S2. The summed E-state index contributed by atoms with van der Waals surface area (Å²) in [5.74, 6) is -1.89. The Labute approximate surface area is 193 Å². The number of nitrogens with one attached hydrogen (secondary N) is 2. The van der Waals surface area contributed by atoms with Crippen LogP contribution in [0.25, 0.3) is 0 Å². The number of aliphatic carboxylic acids is 1. The number of hydrogen-bond acceptors (Lipinski definition) is 8. The van der Waals surface area contributed by atoms with Crippen molar-refractivity contribution in [3.05, 3.63) is 0 Å². The van der Waals surface area contributed by atoms with Gasteiger partial charge in [0.05, 0.1) is 6.04 Å². The predicted molar refractivity (Wildman–Crippen MR) is 124 cm³/mol. The fourth-order valence-corrected chi connectivity index (χ4v) is 4.09. The molecule has 0 aromatic rings. The molecule has 1 heterocycles. The van der Waals surface area contributed by atoms with Crippen LogP contribution in [0.3, 0.4) is 0 Å². The van der Waals surface area contributed by atoms with Gasteiger partial charge in [0, 0.05) is 12.3 Å². The zero-order chi connectivity index (χ0) is 23.4. The van der Waals surface area contributed by atoms with E-state index in [0.29, 0.717) is 44.5 Å². The number of thioether (sulfide) groups is 1. The second kappa shape index (κ2) is 14.5. The highest BCUT2D eigenvalue weighted by Crippen LogP contribution is 2.20. The first-order valence-electron chi connectivity index (χ1n) is 10.5. The van der Waals surface area contributed by atoms with Gasteiger partial charge in [-0.05, 0) is 50.7 Å². The van der Waals surface area contributed by atoms with Gasteiger partial charge >= 0.3 is 5.97 Å². The number of hydrogen-bond donors (Lipinski definition) is 6. The van der Waals surface area contributed by atoms with Crippen LogP contribution in [0.15, 0.2) is 0 Å². The highest BCUT2D eigenvalue weighted by molar-refractivity contribution is 7.98. The molecule has 0 aromatic carbocycles. The quantitative estimate of drug-likeness (QED) is 0.139. The van der Waals surface area contributed by atoms with Gasteiger partial charge in [0.1, 0.15) is 18.1 Å². The molecule has 1 aliphatic rings. The lowest BCUT2D eigenvalue weighted by atomic mass is 10.1. The normalized spacial score (nSPS) is 18.8. The minimum atomic E-state index is -1.19. The van der Waals surface area contributed by atoms with Gasteiger partial charge < -0.3 is 32.1 Å². The van der Waals surface area contributed by atoms with Crippen LogP contribution in [0, 0.1) is 0 Å². The molecule has 1 saturated heterocycles. The monoisotopic (exact) mass is 477 g/mol. The van der Waals surface area contributed by atoms with Crippen molar-refractivity contribution >= 4 is 48.1 Å².